The van der Waals surface area contributed by atoms with Crippen molar-refractivity contribution in [1.29, 1.82) is 0 Å². The van der Waals surface area contributed by atoms with Gasteiger partial charge in [-0.3, -0.25) is 4.79 Å². The third kappa shape index (κ3) is 3.09. The summed E-state index contributed by atoms with van der Waals surface area (Å²) in [7, 11) is 1.64. The van der Waals surface area contributed by atoms with Crippen molar-refractivity contribution in [3.63, 3.8) is 0 Å². The van der Waals surface area contributed by atoms with Crippen molar-refractivity contribution in [2.75, 3.05) is 7.11 Å². The first kappa shape index (κ1) is 14.8. The monoisotopic (exact) mass is 402 g/mol. The van der Waals surface area contributed by atoms with E-state index in [1.807, 2.05) is 31.2 Å². The highest BCUT2D eigenvalue weighted by Gasteiger charge is 2.13. The van der Waals surface area contributed by atoms with Crippen molar-refractivity contribution in [2.45, 2.75) is 13.3 Å². The molecule has 0 saturated carbocycles. The lowest BCUT2D eigenvalue weighted by molar-refractivity contribution is 0.0992. The summed E-state index contributed by atoms with van der Waals surface area (Å²) in [6.07, 6.45) is 0.533. The maximum Gasteiger partial charge on any atom is 0.172 e. The van der Waals surface area contributed by atoms with Gasteiger partial charge in [0.15, 0.2) is 5.78 Å². The summed E-state index contributed by atoms with van der Waals surface area (Å²) >= 11 is 8.50. The highest BCUT2D eigenvalue weighted by Crippen LogP contribution is 2.39. The summed E-state index contributed by atoms with van der Waals surface area (Å²) in [6, 6.07) is 7.77. The number of hydrogen-bond donors (Lipinski definition) is 0. The van der Waals surface area contributed by atoms with Crippen molar-refractivity contribution >= 4 is 49.0 Å². The zero-order chi connectivity index (χ0) is 14.0. The minimum absolute atomic E-state index is 0.177. The van der Waals surface area contributed by atoms with Crippen LogP contribution in [0.3, 0.4) is 0 Å². The van der Waals surface area contributed by atoms with E-state index in [1.165, 1.54) is 11.3 Å². The SMILES string of the molecule is CCC(=O)c1ccc(-c2cc(OC)c(Br)cc2Br)s1. The highest BCUT2D eigenvalue weighted by molar-refractivity contribution is 9.11. The number of carbonyl (C=O) groups is 1. The molecular weight excluding hydrogens is 392 g/mol. The van der Waals surface area contributed by atoms with E-state index in [2.05, 4.69) is 31.9 Å². The van der Waals surface area contributed by atoms with Gasteiger partial charge in [-0.1, -0.05) is 22.9 Å². The van der Waals surface area contributed by atoms with Gasteiger partial charge in [0.25, 0.3) is 0 Å². The minimum atomic E-state index is 0.177. The number of rotatable bonds is 4. The molecule has 0 atom stereocenters. The second-order valence-electron chi connectivity index (χ2n) is 3.91. The number of methoxy groups -OCH3 is 1. The summed E-state index contributed by atoms with van der Waals surface area (Å²) < 4.78 is 7.17. The second kappa shape index (κ2) is 6.20. The third-order valence-corrected chi connectivity index (χ3v) is 5.14. The number of hydrogen-bond acceptors (Lipinski definition) is 3. The molecule has 0 aliphatic heterocycles. The Kier molecular flexibility index (Phi) is 4.81. The summed E-state index contributed by atoms with van der Waals surface area (Å²) in [5, 5.41) is 0. The van der Waals surface area contributed by atoms with Gasteiger partial charge in [-0.05, 0) is 40.2 Å². The summed E-state index contributed by atoms with van der Waals surface area (Å²) in [5.74, 6) is 0.950. The Morgan fingerprint density at radius 1 is 1.26 bits per heavy atom. The predicted octanol–water partition coefficient (Wildman–Crippen LogP) is 5.54. The van der Waals surface area contributed by atoms with Gasteiger partial charge < -0.3 is 4.74 Å². The Hall–Kier alpha value is -0.650. The zero-order valence-electron chi connectivity index (χ0n) is 10.5. The second-order valence-corrected chi connectivity index (χ2v) is 6.70. The topological polar surface area (TPSA) is 26.3 Å². The molecule has 2 aromatic rings. The first-order valence-electron chi connectivity index (χ1n) is 5.73. The summed E-state index contributed by atoms with van der Waals surface area (Å²) in [6.45, 7) is 1.88. The Labute approximate surface area is 133 Å². The molecule has 2 nitrogen and oxygen atoms in total. The molecule has 0 spiro atoms. The maximum atomic E-state index is 11.7. The minimum Gasteiger partial charge on any atom is -0.496 e. The fourth-order valence-corrected chi connectivity index (χ4v) is 4.23. The zero-order valence-corrected chi connectivity index (χ0v) is 14.5. The van der Waals surface area contributed by atoms with E-state index in [0.29, 0.717) is 6.42 Å². The van der Waals surface area contributed by atoms with Crippen LogP contribution in [0.25, 0.3) is 10.4 Å². The van der Waals surface area contributed by atoms with E-state index in [9.17, 15) is 4.79 Å². The largest absolute Gasteiger partial charge is 0.496 e. The van der Waals surface area contributed by atoms with E-state index in [-0.39, 0.29) is 5.78 Å². The number of ketones is 1. The van der Waals surface area contributed by atoms with Gasteiger partial charge in [0, 0.05) is 21.3 Å². The van der Waals surface area contributed by atoms with Crippen LogP contribution in [0.4, 0.5) is 0 Å². The van der Waals surface area contributed by atoms with Crippen molar-refractivity contribution in [1.82, 2.24) is 0 Å². The number of Topliss-reactive ketones (excluding diaryl/α,β-unsaturated/α-hetero) is 1. The van der Waals surface area contributed by atoms with Crippen LogP contribution in [0.1, 0.15) is 23.0 Å². The number of thiophene rings is 1. The fraction of sp³-hybridized carbons (Fsp3) is 0.214. The lowest BCUT2D eigenvalue weighted by atomic mass is 10.2. The standard InChI is InChI=1S/C14H12Br2O2S/c1-3-11(17)14-5-4-13(19-14)8-6-12(18-2)10(16)7-9(8)15/h4-7H,3H2,1-2H3. The van der Waals surface area contributed by atoms with Crippen LogP contribution in [0.2, 0.25) is 0 Å². The molecule has 5 heteroatoms. The summed E-state index contributed by atoms with van der Waals surface area (Å²) in [4.78, 5) is 13.5. The number of benzene rings is 1. The molecule has 1 aromatic carbocycles. The maximum absolute atomic E-state index is 11.7. The lowest BCUT2D eigenvalue weighted by Gasteiger charge is -2.08. The van der Waals surface area contributed by atoms with Gasteiger partial charge in [-0.15, -0.1) is 11.3 Å². The fourth-order valence-electron chi connectivity index (χ4n) is 1.68. The molecule has 19 heavy (non-hydrogen) atoms. The normalized spacial score (nSPS) is 10.5. The Bertz CT molecular complexity index is 620. The van der Waals surface area contributed by atoms with Gasteiger partial charge >= 0.3 is 0 Å². The van der Waals surface area contributed by atoms with E-state index in [1.54, 1.807) is 7.11 Å². The van der Waals surface area contributed by atoms with E-state index >= 15 is 0 Å². The molecule has 0 fully saturated rings. The van der Waals surface area contributed by atoms with Crippen LogP contribution < -0.4 is 4.74 Å². The van der Waals surface area contributed by atoms with Gasteiger partial charge in [0.05, 0.1) is 16.5 Å². The number of halogens is 2. The first-order chi connectivity index (χ1) is 9.06. The lowest BCUT2D eigenvalue weighted by Crippen LogP contribution is -1.90. The summed E-state index contributed by atoms with van der Waals surface area (Å²) in [5.41, 5.74) is 1.03. The molecule has 100 valence electrons. The van der Waals surface area contributed by atoms with Gasteiger partial charge in [0.2, 0.25) is 0 Å². The third-order valence-electron chi connectivity index (χ3n) is 2.71. The van der Waals surface area contributed by atoms with Crippen LogP contribution in [-0.4, -0.2) is 12.9 Å². The van der Waals surface area contributed by atoms with E-state index < -0.39 is 0 Å². The van der Waals surface area contributed by atoms with E-state index in [4.69, 9.17) is 4.74 Å². The molecule has 1 aromatic heterocycles. The molecule has 0 N–H and O–H groups in total. The molecule has 0 aliphatic rings. The molecule has 0 unspecified atom stereocenters. The molecule has 0 aliphatic carbocycles. The molecule has 0 radical (unpaired) electrons. The van der Waals surface area contributed by atoms with Crippen LogP contribution in [0.15, 0.2) is 33.2 Å². The molecule has 0 saturated heterocycles. The molecule has 1 heterocycles. The van der Waals surface area contributed by atoms with Crippen molar-refractivity contribution < 1.29 is 9.53 Å². The Morgan fingerprint density at radius 3 is 2.63 bits per heavy atom. The van der Waals surface area contributed by atoms with Crippen molar-refractivity contribution in [2.24, 2.45) is 0 Å². The molecule has 0 amide bonds. The van der Waals surface area contributed by atoms with Gasteiger partial charge in [-0.2, -0.15) is 0 Å². The first-order valence-corrected chi connectivity index (χ1v) is 8.13. The average molecular weight is 404 g/mol. The predicted molar refractivity (Wildman–Crippen MR) is 86.3 cm³/mol. The van der Waals surface area contributed by atoms with Crippen LogP contribution in [0, 0.1) is 0 Å². The average Bonchev–Trinajstić information content (AvgIpc) is 2.87. The van der Waals surface area contributed by atoms with Crippen molar-refractivity contribution in [3.05, 3.63) is 38.1 Å². The molecule has 0 bridgehead atoms. The van der Waals surface area contributed by atoms with Crippen LogP contribution in [0.5, 0.6) is 5.75 Å². The highest BCUT2D eigenvalue weighted by atomic mass is 79.9. The quantitative estimate of drug-likeness (QED) is 0.626. The number of ether oxygens (including phenoxy) is 1. The van der Waals surface area contributed by atoms with Crippen molar-refractivity contribution in [3.8, 4) is 16.2 Å². The van der Waals surface area contributed by atoms with Crippen LogP contribution >= 0.6 is 43.2 Å². The Morgan fingerprint density at radius 2 is 2.00 bits per heavy atom. The smallest absolute Gasteiger partial charge is 0.172 e. The van der Waals surface area contributed by atoms with Gasteiger partial charge in [0.1, 0.15) is 5.75 Å². The van der Waals surface area contributed by atoms with Crippen LogP contribution in [-0.2, 0) is 0 Å². The Balaban J connectivity index is 2.47. The van der Waals surface area contributed by atoms with E-state index in [0.717, 1.165) is 30.0 Å². The molecule has 2 rings (SSSR count). The number of carbonyl (C=O) groups excluding carboxylic acids is 1. The van der Waals surface area contributed by atoms with Gasteiger partial charge in [-0.25, -0.2) is 0 Å². The molecular formula is C14H12Br2O2S.